The molecular formula is C11H12N2OS. The molecule has 15 heavy (non-hydrogen) atoms. The highest BCUT2D eigenvalue weighted by Crippen LogP contribution is 2.27. The maximum Gasteiger partial charge on any atom is 0.119 e. The minimum Gasteiger partial charge on any atom is -0.389 e. The van der Waals surface area contributed by atoms with E-state index in [-0.39, 0.29) is 6.61 Å². The van der Waals surface area contributed by atoms with E-state index >= 15 is 0 Å². The van der Waals surface area contributed by atoms with Crippen molar-refractivity contribution < 1.29 is 5.11 Å². The number of aliphatic hydroxyl groups is 1. The van der Waals surface area contributed by atoms with Crippen molar-refractivity contribution in [1.82, 2.24) is 4.98 Å². The molecule has 0 aliphatic heterocycles. The van der Waals surface area contributed by atoms with Gasteiger partial charge < -0.3 is 10.8 Å². The zero-order valence-corrected chi connectivity index (χ0v) is 9.00. The second-order valence-corrected chi connectivity index (χ2v) is 4.28. The van der Waals surface area contributed by atoms with Crippen molar-refractivity contribution in [3.63, 3.8) is 0 Å². The van der Waals surface area contributed by atoms with E-state index in [9.17, 15) is 0 Å². The average molecular weight is 220 g/mol. The zero-order valence-electron chi connectivity index (χ0n) is 8.18. The Hall–Kier alpha value is -1.23. The Morgan fingerprint density at radius 1 is 1.27 bits per heavy atom. The third kappa shape index (κ3) is 2.07. The van der Waals surface area contributed by atoms with Crippen LogP contribution in [0.15, 0.2) is 30.3 Å². The molecule has 0 aliphatic carbocycles. The number of nitrogens with two attached hydrogens (primary N) is 1. The number of aliphatic hydroxyl groups excluding tert-OH is 1. The van der Waals surface area contributed by atoms with E-state index < -0.39 is 0 Å². The molecule has 0 aliphatic rings. The molecule has 0 spiro atoms. The Morgan fingerprint density at radius 3 is 2.60 bits per heavy atom. The molecule has 0 bridgehead atoms. The van der Waals surface area contributed by atoms with Crippen LogP contribution in [0.4, 0.5) is 0 Å². The first-order chi connectivity index (χ1) is 7.35. The zero-order chi connectivity index (χ0) is 10.7. The number of hydrogen-bond acceptors (Lipinski definition) is 4. The Balaban J connectivity index is 2.47. The Bertz CT molecular complexity index is 439. The number of nitrogens with zero attached hydrogens (tertiary/aromatic N) is 1. The summed E-state index contributed by atoms with van der Waals surface area (Å²) in [5.41, 5.74) is 7.59. The van der Waals surface area contributed by atoms with Crippen LogP contribution in [0.25, 0.3) is 11.3 Å². The van der Waals surface area contributed by atoms with Crippen LogP contribution in [-0.2, 0) is 13.2 Å². The second kappa shape index (κ2) is 4.53. The summed E-state index contributed by atoms with van der Waals surface area (Å²) in [5.74, 6) is 0. The first-order valence-corrected chi connectivity index (χ1v) is 5.51. The van der Waals surface area contributed by atoms with Crippen molar-refractivity contribution in [2.75, 3.05) is 0 Å². The van der Waals surface area contributed by atoms with Crippen molar-refractivity contribution in [3.8, 4) is 11.3 Å². The fourth-order valence-electron chi connectivity index (χ4n) is 1.43. The normalized spacial score (nSPS) is 10.5. The first kappa shape index (κ1) is 10.3. The highest BCUT2D eigenvalue weighted by atomic mass is 32.1. The third-order valence-corrected chi connectivity index (χ3v) is 3.17. The topological polar surface area (TPSA) is 59.1 Å². The monoisotopic (exact) mass is 220 g/mol. The standard InChI is InChI=1S/C11H12N2OS/c12-6-9-11(13-10(7-14)15-9)8-4-2-1-3-5-8/h1-5,14H,6-7,12H2. The van der Waals surface area contributed by atoms with E-state index in [0.29, 0.717) is 11.6 Å². The largest absolute Gasteiger partial charge is 0.389 e. The lowest BCUT2D eigenvalue weighted by Gasteiger charge is -1.98. The van der Waals surface area contributed by atoms with E-state index in [0.717, 1.165) is 16.1 Å². The highest BCUT2D eigenvalue weighted by molar-refractivity contribution is 7.12. The number of rotatable bonds is 3. The Morgan fingerprint density at radius 2 is 2.00 bits per heavy atom. The fraction of sp³-hybridized carbons (Fsp3) is 0.182. The van der Waals surface area contributed by atoms with Crippen LogP contribution >= 0.6 is 11.3 Å². The predicted molar refractivity (Wildman–Crippen MR) is 61.4 cm³/mol. The summed E-state index contributed by atoms with van der Waals surface area (Å²) in [4.78, 5) is 5.38. The summed E-state index contributed by atoms with van der Waals surface area (Å²) < 4.78 is 0. The molecule has 0 saturated heterocycles. The molecule has 78 valence electrons. The van der Waals surface area contributed by atoms with Gasteiger partial charge in [-0.1, -0.05) is 30.3 Å². The molecule has 3 N–H and O–H groups in total. The van der Waals surface area contributed by atoms with Gasteiger partial charge in [0, 0.05) is 17.0 Å². The van der Waals surface area contributed by atoms with Crippen LogP contribution < -0.4 is 5.73 Å². The molecule has 1 heterocycles. The van der Waals surface area contributed by atoms with Gasteiger partial charge >= 0.3 is 0 Å². The van der Waals surface area contributed by atoms with Gasteiger partial charge in [0.05, 0.1) is 12.3 Å². The van der Waals surface area contributed by atoms with Crippen LogP contribution in [0.1, 0.15) is 9.88 Å². The molecule has 3 nitrogen and oxygen atoms in total. The molecule has 0 atom stereocenters. The van der Waals surface area contributed by atoms with Crippen molar-refractivity contribution in [1.29, 1.82) is 0 Å². The average Bonchev–Trinajstić information content (AvgIpc) is 2.73. The van der Waals surface area contributed by atoms with Crippen LogP contribution in [0, 0.1) is 0 Å². The van der Waals surface area contributed by atoms with Gasteiger partial charge in [0.25, 0.3) is 0 Å². The number of benzene rings is 1. The fourth-order valence-corrected chi connectivity index (χ4v) is 2.26. The van der Waals surface area contributed by atoms with E-state index in [1.54, 1.807) is 0 Å². The molecule has 1 aromatic carbocycles. The maximum atomic E-state index is 9.02. The molecule has 4 heteroatoms. The van der Waals surface area contributed by atoms with Crippen molar-refractivity contribution in [2.45, 2.75) is 13.2 Å². The van der Waals surface area contributed by atoms with Gasteiger partial charge in [0.15, 0.2) is 0 Å². The number of aromatic nitrogens is 1. The quantitative estimate of drug-likeness (QED) is 0.828. The van der Waals surface area contributed by atoms with Crippen LogP contribution in [-0.4, -0.2) is 10.1 Å². The molecule has 0 amide bonds. The SMILES string of the molecule is NCc1sc(CO)nc1-c1ccccc1. The maximum absolute atomic E-state index is 9.02. The summed E-state index contributed by atoms with van der Waals surface area (Å²) >= 11 is 1.47. The summed E-state index contributed by atoms with van der Waals surface area (Å²) in [7, 11) is 0. The minimum atomic E-state index is -0.0233. The lowest BCUT2D eigenvalue weighted by Crippen LogP contribution is -1.95. The van der Waals surface area contributed by atoms with Gasteiger partial charge in [0.2, 0.25) is 0 Å². The van der Waals surface area contributed by atoms with E-state index in [1.165, 1.54) is 11.3 Å². The van der Waals surface area contributed by atoms with Crippen molar-refractivity contribution >= 4 is 11.3 Å². The van der Waals surface area contributed by atoms with Crippen molar-refractivity contribution in [2.24, 2.45) is 5.73 Å². The predicted octanol–water partition coefficient (Wildman–Crippen LogP) is 1.76. The lowest BCUT2D eigenvalue weighted by atomic mass is 10.1. The van der Waals surface area contributed by atoms with E-state index in [2.05, 4.69) is 4.98 Å². The molecule has 0 saturated carbocycles. The summed E-state index contributed by atoms with van der Waals surface area (Å²) in [6.07, 6.45) is 0. The molecule has 0 radical (unpaired) electrons. The van der Waals surface area contributed by atoms with Gasteiger partial charge in [-0.2, -0.15) is 0 Å². The Kier molecular flexibility index (Phi) is 3.11. The smallest absolute Gasteiger partial charge is 0.119 e. The summed E-state index contributed by atoms with van der Waals surface area (Å²) in [6, 6.07) is 9.89. The van der Waals surface area contributed by atoms with Gasteiger partial charge in [-0.05, 0) is 0 Å². The van der Waals surface area contributed by atoms with Crippen LogP contribution in [0.2, 0.25) is 0 Å². The second-order valence-electron chi connectivity index (χ2n) is 3.11. The first-order valence-electron chi connectivity index (χ1n) is 4.70. The van der Waals surface area contributed by atoms with Gasteiger partial charge in [-0.3, -0.25) is 0 Å². The molecule has 2 rings (SSSR count). The third-order valence-electron chi connectivity index (χ3n) is 2.11. The van der Waals surface area contributed by atoms with E-state index in [4.69, 9.17) is 10.8 Å². The van der Waals surface area contributed by atoms with Gasteiger partial charge in [-0.15, -0.1) is 11.3 Å². The van der Waals surface area contributed by atoms with E-state index in [1.807, 2.05) is 30.3 Å². The lowest BCUT2D eigenvalue weighted by molar-refractivity contribution is 0.281. The summed E-state index contributed by atoms with van der Waals surface area (Å²) in [5, 5.41) is 9.74. The minimum absolute atomic E-state index is 0.0233. The molecule has 0 fully saturated rings. The number of hydrogen-bond donors (Lipinski definition) is 2. The van der Waals surface area contributed by atoms with Crippen LogP contribution in [0.3, 0.4) is 0 Å². The molecule has 2 aromatic rings. The number of thiazole rings is 1. The molecular weight excluding hydrogens is 208 g/mol. The van der Waals surface area contributed by atoms with Crippen LogP contribution in [0.5, 0.6) is 0 Å². The van der Waals surface area contributed by atoms with Gasteiger partial charge in [-0.25, -0.2) is 4.98 Å². The Labute approximate surface area is 92.2 Å². The molecule has 0 unspecified atom stereocenters. The van der Waals surface area contributed by atoms with Crippen molar-refractivity contribution in [3.05, 3.63) is 40.2 Å². The molecule has 1 aromatic heterocycles. The summed E-state index contributed by atoms with van der Waals surface area (Å²) in [6.45, 7) is 0.437. The highest BCUT2D eigenvalue weighted by Gasteiger charge is 2.10. The van der Waals surface area contributed by atoms with Gasteiger partial charge in [0.1, 0.15) is 5.01 Å².